The van der Waals surface area contributed by atoms with Crippen molar-refractivity contribution in [1.82, 2.24) is 0 Å². The van der Waals surface area contributed by atoms with Crippen molar-refractivity contribution in [3.05, 3.63) is 71.8 Å². The third-order valence-corrected chi connectivity index (χ3v) is 3.44. The van der Waals surface area contributed by atoms with Gasteiger partial charge < -0.3 is 0 Å². The first-order valence-corrected chi connectivity index (χ1v) is 6.86. The van der Waals surface area contributed by atoms with E-state index in [-0.39, 0.29) is 5.92 Å². The lowest BCUT2D eigenvalue weighted by Gasteiger charge is -2.10. The third kappa shape index (κ3) is 4.36. The van der Waals surface area contributed by atoms with Crippen molar-refractivity contribution >= 4 is 5.78 Å². The van der Waals surface area contributed by atoms with Gasteiger partial charge in [0.2, 0.25) is 0 Å². The van der Waals surface area contributed by atoms with Crippen molar-refractivity contribution in [2.24, 2.45) is 5.92 Å². The van der Waals surface area contributed by atoms with Crippen LogP contribution in [0.5, 0.6) is 0 Å². The van der Waals surface area contributed by atoms with Crippen LogP contribution < -0.4 is 0 Å². The molecule has 2 aromatic rings. The van der Waals surface area contributed by atoms with E-state index in [4.69, 9.17) is 0 Å². The maximum absolute atomic E-state index is 12.1. The highest BCUT2D eigenvalue weighted by molar-refractivity contribution is 5.81. The second kappa shape index (κ2) is 6.89. The Balaban J connectivity index is 1.83. The van der Waals surface area contributed by atoms with Crippen molar-refractivity contribution < 1.29 is 4.79 Å². The molecule has 0 spiro atoms. The number of carbonyl (C=O) groups is 1. The number of ketones is 1. The Morgan fingerprint density at radius 2 is 1.42 bits per heavy atom. The van der Waals surface area contributed by atoms with E-state index >= 15 is 0 Å². The molecule has 98 valence electrons. The van der Waals surface area contributed by atoms with E-state index < -0.39 is 0 Å². The fourth-order valence-corrected chi connectivity index (χ4v) is 2.24. The molecule has 1 atom stereocenters. The molecule has 2 rings (SSSR count). The zero-order chi connectivity index (χ0) is 13.5. The normalized spacial score (nSPS) is 12.1. The van der Waals surface area contributed by atoms with Crippen molar-refractivity contribution in [3.8, 4) is 0 Å². The minimum Gasteiger partial charge on any atom is -0.299 e. The quantitative estimate of drug-likeness (QED) is 0.757. The molecule has 19 heavy (non-hydrogen) atoms. The van der Waals surface area contributed by atoms with Crippen molar-refractivity contribution in [2.45, 2.75) is 26.2 Å². The molecule has 2 aromatic carbocycles. The molecule has 0 radical (unpaired) electrons. The summed E-state index contributed by atoms with van der Waals surface area (Å²) in [5, 5.41) is 0. The van der Waals surface area contributed by atoms with Crippen LogP contribution in [0.1, 0.15) is 24.5 Å². The summed E-state index contributed by atoms with van der Waals surface area (Å²) in [5.74, 6) is 0.457. The number of carbonyl (C=O) groups excluding carboxylic acids is 1. The van der Waals surface area contributed by atoms with E-state index in [9.17, 15) is 4.79 Å². The lowest BCUT2D eigenvalue weighted by molar-refractivity contribution is -0.122. The molecular formula is C18H20O. The molecule has 1 heteroatoms. The van der Waals surface area contributed by atoms with Crippen molar-refractivity contribution in [3.63, 3.8) is 0 Å². The van der Waals surface area contributed by atoms with Gasteiger partial charge in [-0.15, -0.1) is 0 Å². The van der Waals surface area contributed by atoms with Gasteiger partial charge in [-0.3, -0.25) is 4.79 Å². The topological polar surface area (TPSA) is 17.1 Å². The lowest BCUT2D eigenvalue weighted by Crippen LogP contribution is -2.14. The van der Waals surface area contributed by atoms with Crippen LogP contribution in [0.3, 0.4) is 0 Å². The largest absolute Gasteiger partial charge is 0.299 e. The first-order chi connectivity index (χ1) is 9.25. The lowest BCUT2D eigenvalue weighted by atomic mass is 9.93. The molecule has 0 fully saturated rings. The molecule has 0 aromatic heterocycles. The monoisotopic (exact) mass is 252 g/mol. The van der Waals surface area contributed by atoms with Crippen molar-refractivity contribution in [1.29, 1.82) is 0 Å². The Kier molecular flexibility index (Phi) is 4.91. The van der Waals surface area contributed by atoms with Gasteiger partial charge in [-0.05, 0) is 24.0 Å². The summed E-state index contributed by atoms with van der Waals surface area (Å²) >= 11 is 0. The van der Waals surface area contributed by atoms with E-state index in [1.807, 2.05) is 43.3 Å². The zero-order valence-electron chi connectivity index (χ0n) is 11.4. The second-order valence-corrected chi connectivity index (χ2v) is 5.04. The molecule has 0 saturated carbocycles. The standard InChI is InChI=1S/C18H20O/c1-15(14-17-10-6-3-7-11-17)18(19)13-12-16-8-4-2-5-9-16/h2-11,15H,12-14H2,1H3. The highest BCUT2D eigenvalue weighted by Gasteiger charge is 2.13. The van der Waals surface area contributed by atoms with Crippen LogP contribution in [-0.2, 0) is 17.6 Å². The Labute approximate surface area is 115 Å². The number of benzene rings is 2. The number of hydrogen-bond donors (Lipinski definition) is 0. The first-order valence-electron chi connectivity index (χ1n) is 6.86. The third-order valence-electron chi connectivity index (χ3n) is 3.44. The fraction of sp³-hybridized carbons (Fsp3) is 0.278. The molecule has 1 unspecified atom stereocenters. The van der Waals surface area contributed by atoms with Gasteiger partial charge in [0.05, 0.1) is 0 Å². The summed E-state index contributed by atoms with van der Waals surface area (Å²) in [6.07, 6.45) is 2.32. The van der Waals surface area contributed by atoms with Crippen LogP contribution in [0.4, 0.5) is 0 Å². The van der Waals surface area contributed by atoms with Gasteiger partial charge in [0.25, 0.3) is 0 Å². The fourth-order valence-electron chi connectivity index (χ4n) is 2.24. The molecule has 0 saturated heterocycles. The van der Waals surface area contributed by atoms with Gasteiger partial charge in [-0.1, -0.05) is 67.6 Å². The predicted molar refractivity (Wildman–Crippen MR) is 79.1 cm³/mol. The maximum atomic E-state index is 12.1. The number of hydrogen-bond acceptors (Lipinski definition) is 1. The molecule has 1 nitrogen and oxygen atoms in total. The molecule has 0 aliphatic carbocycles. The van der Waals surface area contributed by atoms with Crippen LogP contribution in [0, 0.1) is 5.92 Å². The number of rotatable bonds is 6. The van der Waals surface area contributed by atoms with Crippen LogP contribution in [-0.4, -0.2) is 5.78 Å². The summed E-state index contributed by atoms with van der Waals surface area (Å²) in [5.41, 5.74) is 2.48. The van der Waals surface area contributed by atoms with E-state index in [1.165, 1.54) is 11.1 Å². The summed E-state index contributed by atoms with van der Waals surface area (Å²) in [6.45, 7) is 2.03. The van der Waals surface area contributed by atoms with Gasteiger partial charge >= 0.3 is 0 Å². The maximum Gasteiger partial charge on any atom is 0.136 e. The second-order valence-electron chi connectivity index (χ2n) is 5.04. The van der Waals surface area contributed by atoms with Gasteiger partial charge in [0, 0.05) is 12.3 Å². The van der Waals surface area contributed by atoms with E-state index in [2.05, 4.69) is 24.3 Å². The Morgan fingerprint density at radius 3 is 2.00 bits per heavy atom. The van der Waals surface area contributed by atoms with E-state index in [1.54, 1.807) is 0 Å². The number of Topliss-reactive ketones (excluding diaryl/α,β-unsaturated/α-hetero) is 1. The summed E-state index contributed by atoms with van der Waals surface area (Å²) in [4.78, 5) is 12.1. The highest BCUT2D eigenvalue weighted by Crippen LogP contribution is 2.12. The van der Waals surface area contributed by atoms with Crippen LogP contribution in [0.15, 0.2) is 60.7 Å². The Morgan fingerprint density at radius 1 is 0.895 bits per heavy atom. The van der Waals surface area contributed by atoms with Gasteiger partial charge in [0.15, 0.2) is 0 Å². The van der Waals surface area contributed by atoms with Crippen LogP contribution in [0.25, 0.3) is 0 Å². The Hall–Kier alpha value is -1.89. The average molecular weight is 252 g/mol. The Bertz CT molecular complexity index is 502. The minimum atomic E-state index is 0.103. The van der Waals surface area contributed by atoms with E-state index in [0.29, 0.717) is 12.2 Å². The first kappa shape index (κ1) is 13.5. The molecule has 0 bridgehead atoms. The van der Waals surface area contributed by atoms with Gasteiger partial charge in [0.1, 0.15) is 5.78 Å². The SMILES string of the molecule is CC(Cc1ccccc1)C(=O)CCc1ccccc1. The molecule has 0 aliphatic heterocycles. The van der Waals surface area contributed by atoms with Crippen LogP contribution in [0.2, 0.25) is 0 Å². The summed E-state index contributed by atoms with van der Waals surface area (Å²) < 4.78 is 0. The zero-order valence-corrected chi connectivity index (χ0v) is 11.4. The molecule has 0 amide bonds. The highest BCUT2D eigenvalue weighted by atomic mass is 16.1. The molecule has 0 heterocycles. The minimum absolute atomic E-state index is 0.103. The smallest absolute Gasteiger partial charge is 0.136 e. The summed E-state index contributed by atoms with van der Waals surface area (Å²) in [7, 11) is 0. The average Bonchev–Trinajstić information content (AvgIpc) is 2.47. The van der Waals surface area contributed by atoms with Gasteiger partial charge in [-0.25, -0.2) is 0 Å². The van der Waals surface area contributed by atoms with Crippen molar-refractivity contribution in [2.75, 3.05) is 0 Å². The number of aryl methyl sites for hydroxylation is 1. The molecule has 0 aliphatic rings. The molecular weight excluding hydrogens is 232 g/mol. The molecule has 0 N–H and O–H groups in total. The predicted octanol–water partition coefficient (Wildman–Crippen LogP) is 4.07. The summed E-state index contributed by atoms with van der Waals surface area (Å²) in [6, 6.07) is 20.4. The van der Waals surface area contributed by atoms with E-state index in [0.717, 1.165) is 12.8 Å². The van der Waals surface area contributed by atoms with Gasteiger partial charge in [-0.2, -0.15) is 0 Å². The van der Waals surface area contributed by atoms with Crippen LogP contribution >= 0.6 is 0 Å².